The van der Waals surface area contributed by atoms with Gasteiger partial charge in [-0.15, -0.1) is 0 Å². The minimum Gasteiger partial charge on any atom is -0.481 e. The van der Waals surface area contributed by atoms with Gasteiger partial charge in [0.15, 0.2) is 0 Å². The molecular weight excluding hydrogens is 232 g/mol. The number of carboxylic acid groups (broad SMARTS) is 1. The molecule has 0 saturated heterocycles. The third-order valence-corrected chi connectivity index (χ3v) is 2.19. The average molecular weight is 241 g/mol. The van der Waals surface area contributed by atoms with Gasteiger partial charge in [0.2, 0.25) is 0 Å². The van der Waals surface area contributed by atoms with E-state index < -0.39 is 12.6 Å². The van der Waals surface area contributed by atoms with Crippen molar-refractivity contribution in [1.29, 1.82) is 5.26 Å². The summed E-state index contributed by atoms with van der Waals surface area (Å²) >= 11 is 0. The fourth-order valence-electron chi connectivity index (χ4n) is 1.42. The molecule has 0 bridgehead atoms. The van der Waals surface area contributed by atoms with Crippen LogP contribution < -0.4 is 4.74 Å². The van der Waals surface area contributed by atoms with E-state index in [9.17, 15) is 13.6 Å². The molecule has 4 nitrogen and oxygen atoms in total. The van der Waals surface area contributed by atoms with Crippen LogP contribution in [-0.2, 0) is 11.2 Å². The molecule has 0 aliphatic heterocycles. The van der Waals surface area contributed by atoms with E-state index in [0.29, 0.717) is 5.56 Å². The Kier molecular flexibility index (Phi) is 3.99. The van der Waals surface area contributed by atoms with Crippen molar-refractivity contribution < 1.29 is 23.4 Å². The van der Waals surface area contributed by atoms with Crippen LogP contribution in [0.5, 0.6) is 5.75 Å². The minimum absolute atomic E-state index is 0.0445. The van der Waals surface area contributed by atoms with Gasteiger partial charge in [0, 0.05) is 0 Å². The molecule has 0 atom stereocenters. The highest BCUT2D eigenvalue weighted by atomic mass is 19.3. The first kappa shape index (κ1) is 12.9. The number of benzene rings is 1. The Bertz CT molecular complexity index is 480. The summed E-state index contributed by atoms with van der Waals surface area (Å²) in [6.45, 7) is -1.61. The Labute approximate surface area is 96.0 Å². The zero-order valence-electron chi connectivity index (χ0n) is 8.91. The Morgan fingerprint density at radius 3 is 2.71 bits per heavy atom. The molecule has 1 rings (SSSR count). The van der Waals surface area contributed by atoms with Crippen molar-refractivity contribution in [3.05, 3.63) is 28.8 Å². The van der Waals surface area contributed by atoms with Crippen molar-refractivity contribution in [2.75, 3.05) is 0 Å². The van der Waals surface area contributed by atoms with Gasteiger partial charge in [-0.25, -0.2) is 0 Å². The summed E-state index contributed by atoms with van der Waals surface area (Å²) in [5.41, 5.74) is 0.538. The monoisotopic (exact) mass is 241 g/mol. The van der Waals surface area contributed by atoms with Gasteiger partial charge >= 0.3 is 12.6 Å². The minimum atomic E-state index is -3.05. The lowest BCUT2D eigenvalue weighted by atomic mass is 10.0. The van der Waals surface area contributed by atoms with E-state index in [1.54, 1.807) is 6.07 Å². The number of rotatable bonds is 4. The molecule has 1 aromatic rings. The highest BCUT2D eigenvalue weighted by Crippen LogP contribution is 2.28. The first-order valence-corrected chi connectivity index (χ1v) is 4.65. The van der Waals surface area contributed by atoms with Gasteiger partial charge in [0.1, 0.15) is 11.8 Å². The van der Waals surface area contributed by atoms with Crippen LogP contribution in [0.15, 0.2) is 12.1 Å². The fraction of sp³-hybridized carbons (Fsp3) is 0.273. The largest absolute Gasteiger partial charge is 0.481 e. The summed E-state index contributed by atoms with van der Waals surface area (Å²) in [5, 5.41) is 17.4. The van der Waals surface area contributed by atoms with E-state index in [1.807, 2.05) is 0 Å². The van der Waals surface area contributed by atoms with E-state index >= 15 is 0 Å². The molecule has 17 heavy (non-hydrogen) atoms. The summed E-state index contributed by atoms with van der Waals surface area (Å²) in [5.74, 6) is -1.35. The first-order valence-electron chi connectivity index (χ1n) is 4.65. The molecule has 90 valence electrons. The zero-order valence-corrected chi connectivity index (χ0v) is 8.91. The maximum absolute atomic E-state index is 12.2. The van der Waals surface area contributed by atoms with Crippen LogP contribution in [-0.4, -0.2) is 17.7 Å². The quantitative estimate of drug-likeness (QED) is 0.876. The molecule has 0 spiro atoms. The normalized spacial score (nSPS) is 10.1. The molecule has 0 aliphatic rings. The predicted octanol–water partition coefficient (Wildman–Crippen LogP) is 2.10. The number of nitrogens with zero attached hydrogens (tertiary/aromatic N) is 1. The number of ether oxygens (including phenoxy) is 1. The number of hydrogen-bond acceptors (Lipinski definition) is 3. The summed E-state index contributed by atoms with van der Waals surface area (Å²) in [4.78, 5) is 10.6. The lowest BCUT2D eigenvalue weighted by Gasteiger charge is -2.12. The predicted molar refractivity (Wildman–Crippen MR) is 53.9 cm³/mol. The molecule has 0 aliphatic carbocycles. The van der Waals surface area contributed by atoms with Gasteiger partial charge in [0.05, 0.1) is 12.0 Å². The molecule has 1 N–H and O–H groups in total. The molecule has 0 fully saturated rings. The number of carboxylic acids is 1. The van der Waals surface area contributed by atoms with Crippen LogP contribution in [0.25, 0.3) is 0 Å². The second-order valence-corrected chi connectivity index (χ2v) is 3.29. The van der Waals surface area contributed by atoms with Crippen molar-refractivity contribution in [2.24, 2.45) is 0 Å². The van der Waals surface area contributed by atoms with E-state index in [0.717, 1.165) is 0 Å². The molecule has 1 aromatic carbocycles. The van der Waals surface area contributed by atoms with E-state index in [2.05, 4.69) is 4.74 Å². The molecule has 0 radical (unpaired) electrons. The van der Waals surface area contributed by atoms with Crippen molar-refractivity contribution in [3.8, 4) is 11.8 Å². The highest BCUT2D eigenvalue weighted by Gasteiger charge is 2.16. The third-order valence-electron chi connectivity index (χ3n) is 2.19. The number of alkyl halides is 2. The molecule has 0 saturated carbocycles. The molecule has 0 unspecified atom stereocenters. The van der Waals surface area contributed by atoms with Gasteiger partial charge in [0.25, 0.3) is 0 Å². The van der Waals surface area contributed by atoms with Crippen molar-refractivity contribution in [1.82, 2.24) is 0 Å². The lowest BCUT2D eigenvalue weighted by Crippen LogP contribution is -2.08. The van der Waals surface area contributed by atoms with Crippen LogP contribution in [0, 0.1) is 18.3 Å². The molecule has 6 heteroatoms. The second kappa shape index (κ2) is 5.25. The van der Waals surface area contributed by atoms with Crippen molar-refractivity contribution in [2.45, 2.75) is 20.0 Å². The third kappa shape index (κ3) is 3.14. The number of carbonyl (C=O) groups is 1. The first-order chi connectivity index (χ1) is 7.95. The maximum atomic E-state index is 12.2. The van der Waals surface area contributed by atoms with Gasteiger partial charge < -0.3 is 9.84 Å². The van der Waals surface area contributed by atoms with E-state index in [1.165, 1.54) is 19.1 Å². The number of aliphatic carboxylic acids is 1. The summed E-state index contributed by atoms with van der Waals surface area (Å²) in [6, 6.07) is 4.40. The topological polar surface area (TPSA) is 70.3 Å². The SMILES string of the molecule is Cc1c(CC(=O)O)ccc(C#N)c1OC(F)F. The van der Waals surface area contributed by atoms with Gasteiger partial charge in [-0.2, -0.15) is 14.0 Å². The summed E-state index contributed by atoms with van der Waals surface area (Å²) < 4.78 is 28.6. The zero-order chi connectivity index (χ0) is 13.0. The maximum Gasteiger partial charge on any atom is 0.387 e. The van der Waals surface area contributed by atoms with Crippen LogP contribution in [0.4, 0.5) is 8.78 Å². The molecule has 0 amide bonds. The number of hydrogen-bond donors (Lipinski definition) is 1. The smallest absolute Gasteiger partial charge is 0.387 e. The highest BCUT2D eigenvalue weighted by molar-refractivity contribution is 5.71. The van der Waals surface area contributed by atoms with Gasteiger partial charge in [-0.1, -0.05) is 6.07 Å². The average Bonchev–Trinajstić information content (AvgIpc) is 2.23. The Morgan fingerprint density at radius 1 is 1.59 bits per heavy atom. The van der Waals surface area contributed by atoms with Crippen molar-refractivity contribution in [3.63, 3.8) is 0 Å². The molecule has 0 heterocycles. The molecule has 0 aromatic heterocycles. The van der Waals surface area contributed by atoms with E-state index in [4.69, 9.17) is 10.4 Å². The summed E-state index contributed by atoms with van der Waals surface area (Å²) in [7, 11) is 0. The van der Waals surface area contributed by atoms with Gasteiger partial charge in [-0.3, -0.25) is 4.79 Å². The van der Waals surface area contributed by atoms with Crippen LogP contribution in [0.1, 0.15) is 16.7 Å². The van der Waals surface area contributed by atoms with Crippen molar-refractivity contribution >= 4 is 5.97 Å². The van der Waals surface area contributed by atoms with Crippen LogP contribution in [0.2, 0.25) is 0 Å². The van der Waals surface area contributed by atoms with E-state index in [-0.39, 0.29) is 23.3 Å². The second-order valence-electron chi connectivity index (χ2n) is 3.29. The van der Waals surface area contributed by atoms with Crippen LogP contribution >= 0.6 is 0 Å². The lowest BCUT2D eigenvalue weighted by molar-refractivity contribution is -0.136. The Balaban J connectivity index is 3.23. The Hall–Kier alpha value is -2.16. The number of nitriles is 1. The fourth-order valence-corrected chi connectivity index (χ4v) is 1.42. The van der Waals surface area contributed by atoms with Crippen LogP contribution in [0.3, 0.4) is 0 Å². The number of halogens is 2. The summed E-state index contributed by atoms with van der Waals surface area (Å²) in [6.07, 6.45) is -0.308. The Morgan fingerprint density at radius 2 is 2.24 bits per heavy atom. The van der Waals surface area contributed by atoms with Gasteiger partial charge in [-0.05, 0) is 24.1 Å². The molecular formula is C11H9F2NO3. The standard InChI is InChI=1S/C11H9F2NO3/c1-6-7(4-9(15)16)2-3-8(5-14)10(6)17-11(12)13/h2-3,11H,4H2,1H3,(H,15,16).